The minimum absolute atomic E-state index is 0.0355. The van der Waals surface area contributed by atoms with Crippen molar-refractivity contribution in [2.24, 2.45) is 0 Å². The van der Waals surface area contributed by atoms with Crippen LogP contribution in [0, 0.1) is 0 Å². The van der Waals surface area contributed by atoms with Gasteiger partial charge in [-0.25, -0.2) is 19.2 Å². The van der Waals surface area contributed by atoms with Gasteiger partial charge in [0.2, 0.25) is 0 Å². The number of unbranched alkanes of at least 4 members (excludes halogenated alkanes) is 1. The number of carboxylic acid groups (broad SMARTS) is 2. The van der Waals surface area contributed by atoms with E-state index in [-0.39, 0.29) is 36.0 Å². The van der Waals surface area contributed by atoms with Gasteiger partial charge in [-0.2, -0.15) is 0 Å². The predicted octanol–water partition coefficient (Wildman–Crippen LogP) is 3.78. The van der Waals surface area contributed by atoms with Crippen LogP contribution in [0.3, 0.4) is 0 Å². The molecule has 0 amide bonds. The second-order valence-electron chi connectivity index (χ2n) is 7.63. The van der Waals surface area contributed by atoms with Crippen LogP contribution in [-0.4, -0.2) is 57.3 Å². The molecule has 0 aliphatic carbocycles. The largest absolute Gasteiger partial charge is 0.477 e. The summed E-state index contributed by atoms with van der Waals surface area (Å²) in [4.78, 5) is 53.5. The first-order valence-electron chi connectivity index (χ1n) is 11.5. The monoisotopic (exact) mass is 476 g/mol. The molecule has 2 aromatic rings. The average molecular weight is 477 g/mol. The van der Waals surface area contributed by atoms with Crippen molar-refractivity contribution >= 4 is 23.9 Å². The summed E-state index contributed by atoms with van der Waals surface area (Å²) in [5.74, 6) is -3.51. The summed E-state index contributed by atoms with van der Waals surface area (Å²) in [6, 6.07) is 0. The number of rotatable bonds is 13. The number of H-pyrrole nitrogens is 2. The molecule has 186 valence electrons. The van der Waals surface area contributed by atoms with Gasteiger partial charge in [0.1, 0.15) is 22.8 Å². The molecule has 0 aromatic carbocycles. The highest BCUT2D eigenvalue weighted by atomic mass is 16.5. The Labute approximate surface area is 197 Å². The molecular formula is C24H32N2O8. The van der Waals surface area contributed by atoms with Crippen LogP contribution in [0.15, 0.2) is 0 Å². The molecule has 10 nitrogen and oxygen atoms in total. The van der Waals surface area contributed by atoms with Gasteiger partial charge in [-0.1, -0.05) is 13.8 Å². The van der Waals surface area contributed by atoms with Crippen LogP contribution in [0.5, 0.6) is 0 Å². The Balaban J connectivity index is 2.26. The number of esters is 2. The van der Waals surface area contributed by atoms with E-state index in [9.17, 15) is 29.4 Å². The molecule has 0 unspecified atom stereocenters. The van der Waals surface area contributed by atoms with Crippen molar-refractivity contribution in [3.05, 3.63) is 45.0 Å². The number of hydrogen-bond donors (Lipinski definition) is 4. The fourth-order valence-electron chi connectivity index (χ4n) is 4.21. The minimum atomic E-state index is -1.16. The fourth-order valence-corrected chi connectivity index (χ4v) is 4.21. The molecule has 10 heteroatoms. The molecule has 2 heterocycles. The first kappa shape index (κ1) is 26.7. The van der Waals surface area contributed by atoms with E-state index in [0.29, 0.717) is 60.8 Å². The van der Waals surface area contributed by atoms with Gasteiger partial charge in [0.25, 0.3) is 0 Å². The lowest BCUT2D eigenvalue weighted by Crippen LogP contribution is -2.08. The van der Waals surface area contributed by atoms with Gasteiger partial charge < -0.3 is 29.7 Å². The number of carboxylic acids is 2. The summed E-state index contributed by atoms with van der Waals surface area (Å²) in [6.45, 7) is 7.38. The first-order chi connectivity index (χ1) is 16.2. The van der Waals surface area contributed by atoms with E-state index in [0.717, 1.165) is 0 Å². The van der Waals surface area contributed by atoms with Crippen LogP contribution in [0.1, 0.15) is 105 Å². The second kappa shape index (κ2) is 12.1. The lowest BCUT2D eigenvalue weighted by atomic mass is 9.96. The summed E-state index contributed by atoms with van der Waals surface area (Å²) in [5.41, 5.74) is 2.57. The van der Waals surface area contributed by atoms with Gasteiger partial charge in [0.05, 0.1) is 13.2 Å². The number of nitrogens with one attached hydrogen (secondary N) is 2. The number of carbonyl (C=O) groups is 4. The molecule has 0 atom stereocenters. The van der Waals surface area contributed by atoms with Crippen LogP contribution in [0.2, 0.25) is 0 Å². The Morgan fingerprint density at radius 1 is 0.618 bits per heavy atom. The van der Waals surface area contributed by atoms with Crippen LogP contribution < -0.4 is 0 Å². The minimum Gasteiger partial charge on any atom is -0.477 e. The summed E-state index contributed by atoms with van der Waals surface area (Å²) in [5, 5.41) is 19.2. The Kier molecular flexibility index (Phi) is 9.47. The molecule has 4 N–H and O–H groups in total. The Bertz CT molecular complexity index is 979. The number of ether oxygens (including phenoxy) is 2. The van der Waals surface area contributed by atoms with Crippen molar-refractivity contribution in [3.8, 4) is 0 Å². The molecule has 2 aromatic heterocycles. The highest BCUT2D eigenvalue weighted by Gasteiger charge is 2.26. The van der Waals surface area contributed by atoms with E-state index in [4.69, 9.17) is 9.47 Å². The van der Waals surface area contributed by atoms with Crippen molar-refractivity contribution in [1.82, 2.24) is 9.97 Å². The normalized spacial score (nSPS) is 10.8. The molecule has 0 fully saturated rings. The van der Waals surface area contributed by atoms with Crippen LogP contribution in [0.25, 0.3) is 0 Å². The van der Waals surface area contributed by atoms with Gasteiger partial charge in [0.15, 0.2) is 0 Å². The summed E-state index contributed by atoms with van der Waals surface area (Å²) >= 11 is 0. The number of aromatic amines is 2. The highest BCUT2D eigenvalue weighted by Crippen LogP contribution is 2.26. The smallest absolute Gasteiger partial charge is 0.355 e. The third-order valence-electron chi connectivity index (χ3n) is 5.63. The highest BCUT2D eigenvalue weighted by molar-refractivity contribution is 5.96. The van der Waals surface area contributed by atoms with Gasteiger partial charge in [-0.15, -0.1) is 0 Å². The maximum absolute atomic E-state index is 12.3. The molecular weight excluding hydrogens is 444 g/mol. The molecule has 0 saturated heterocycles. The van der Waals surface area contributed by atoms with Crippen molar-refractivity contribution in [1.29, 1.82) is 0 Å². The maximum atomic E-state index is 12.3. The topological polar surface area (TPSA) is 159 Å². The molecule has 0 radical (unpaired) electrons. The lowest BCUT2D eigenvalue weighted by Gasteiger charge is -2.08. The zero-order chi connectivity index (χ0) is 25.4. The second-order valence-corrected chi connectivity index (χ2v) is 7.63. The summed E-state index contributed by atoms with van der Waals surface area (Å²) < 4.78 is 10.1. The van der Waals surface area contributed by atoms with E-state index in [1.54, 1.807) is 13.8 Å². The number of hydrogen-bond acceptors (Lipinski definition) is 6. The molecule has 0 bridgehead atoms. The molecule has 2 rings (SSSR count). The standard InChI is InChI=1S/C24H32N2O8/c1-5-13-15(17(21(27)28)25-19(13)23(31)33-7-3)11-9-10-12-16-14(6-2)20(24(32)34-8-4)26-18(16)22(29)30/h25-26H,5-12H2,1-4H3,(H,27,28)(H,29,30). The van der Waals surface area contributed by atoms with E-state index in [2.05, 4.69) is 9.97 Å². The summed E-state index contributed by atoms with van der Waals surface area (Å²) in [6.07, 6.45) is 2.79. The van der Waals surface area contributed by atoms with Crippen molar-refractivity contribution in [2.45, 2.75) is 66.2 Å². The molecule has 34 heavy (non-hydrogen) atoms. The molecule has 0 aliphatic rings. The average Bonchev–Trinajstić information content (AvgIpc) is 3.35. The molecule has 0 saturated carbocycles. The predicted molar refractivity (Wildman–Crippen MR) is 123 cm³/mol. The van der Waals surface area contributed by atoms with E-state index in [1.165, 1.54) is 0 Å². The third kappa shape index (κ3) is 5.67. The van der Waals surface area contributed by atoms with E-state index >= 15 is 0 Å². The lowest BCUT2D eigenvalue weighted by molar-refractivity contribution is 0.0508. The van der Waals surface area contributed by atoms with E-state index in [1.807, 2.05) is 13.8 Å². The van der Waals surface area contributed by atoms with Crippen molar-refractivity contribution < 1.29 is 38.9 Å². The number of aromatic nitrogens is 2. The van der Waals surface area contributed by atoms with Crippen molar-refractivity contribution in [2.75, 3.05) is 13.2 Å². The Morgan fingerprint density at radius 3 is 1.24 bits per heavy atom. The van der Waals surface area contributed by atoms with Gasteiger partial charge in [-0.05, 0) is 74.6 Å². The number of aromatic carboxylic acids is 2. The third-order valence-corrected chi connectivity index (χ3v) is 5.63. The van der Waals surface area contributed by atoms with Crippen LogP contribution >= 0.6 is 0 Å². The maximum Gasteiger partial charge on any atom is 0.355 e. The zero-order valence-electron chi connectivity index (χ0n) is 20.0. The van der Waals surface area contributed by atoms with Gasteiger partial charge in [-0.3, -0.25) is 0 Å². The van der Waals surface area contributed by atoms with Crippen molar-refractivity contribution in [3.63, 3.8) is 0 Å². The van der Waals surface area contributed by atoms with Gasteiger partial charge in [0, 0.05) is 0 Å². The van der Waals surface area contributed by atoms with Crippen LogP contribution in [-0.2, 0) is 35.2 Å². The van der Waals surface area contributed by atoms with Crippen LogP contribution in [0.4, 0.5) is 0 Å². The molecule has 0 aliphatic heterocycles. The molecule has 0 spiro atoms. The SMILES string of the molecule is CCOC(=O)c1[nH]c(C(=O)O)c(CCCCc2c(C(=O)O)[nH]c(C(=O)OCC)c2CC)c1CC. The number of carbonyl (C=O) groups excluding carboxylic acids is 2. The first-order valence-corrected chi connectivity index (χ1v) is 11.5. The fraction of sp³-hybridized carbons (Fsp3) is 0.500. The Hall–Kier alpha value is -3.56. The zero-order valence-corrected chi connectivity index (χ0v) is 20.0. The van der Waals surface area contributed by atoms with Gasteiger partial charge >= 0.3 is 23.9 Å². The van der Waals surface area contributed by atoms with E-state index < -0.39 is 23.9 Å². The summed E-state index contributed by atoms with van der Waals surface area (Å²) in [7, 11) is 0. The Morgan fingerprint density at radius 2 is 0.971 bits per heavy atom. The quantitative estimate of drug-likeness (QED) is 0.251.